The summed E-state index contributed by atoms with van der Waals surface area (Å²) in [7, 11) is 0. The summed E-state index contributed by atoms with van der Waals surface area (Å²) in [6.45, 7) is 3.76. The fourth-order valence-electron chi connectivity index (χ4n) is 2.60. The number of rotatable bonds is 5. The molecule has 0 atom stereocenters. The molecule has 3 rings (SSSR count). The van der Waals surface area contributed by atoms with Crippen LogP contribution in [0.1, 0.15) is 5.56 Å². The second-order valence-electron chi connectivity index (χ2n) is 5.74. The van der Waals surface area contributed by atoms with Crippen LogP contribution in [0.3, 0.4) is 0 Å². The van der Waals surface area contributed by atoms with Crippen LogP contribution < -0.4 is 0 Å². The molecule has 0 heterocycles. The van der Waals surface area contributed by atoms with Crippen LogP contribution in [0.5, 0.6) is 5.75 Å². The van der Waals surface area contributed by atoms with Gasteiger partial charge < -0.3 is 5.11 Å². The molecule has 0 spiro atoms. The summed E-state index contributed by atoms with van der Waals surface area (Å²) in [5, 5.41) is 42.9. The maximum Gasteiger partial charge on any atom is 0.324 e. The summed E-state index contributed by atoms with van der Waals surface area (Å²) in [6.07, 6.45) is 2.89. The summed E-state index contributed by atoms with van der Waals surface area (Å²) >= 11 is 0. The lowest BCUT2D eigenvalue weighted by molar-refractivity contribution is -0.404. The highest BCUT2D eigenvalue weighted by Gasteiger charge is 2.30. The molecular weight excluding hydrogens is 382 g/mol. The number of hydrogen-bond acceptors (Lipinski definition) is 7. The number of aromatic hydroxyl groups is 1. The zero-order valence-corrected chi connectivity index (χ0v) is 14.9. The van der Waals surface area contributed by atoms with Gasteiger partial charge in [-0.3, -0.25) is 30.3 Å². The molecule has 0 aromatic heterocycles. The molecule has 0 bridgehead atoms. The van der Waals surface area contributed by atoms with E-state index in [1.807, 2.05) is 6.08 Å². The Morgan fingerprint density at radius 3 is 1.93 bits per heavy atom. The van der Waals surface area contributed by atoms with Gasteiger partial charge in [-0.25, -0.2) is 0 Å². The molecule has 3 aromatic rings. The van der Waals surface area contributed by atoms with Gasteiger partial charge >= 0.3 is 11.4 Å². The Morgan fingerprint density at radius 1 is 0.862 bits per heavy atom. The van der Waals surface area contributed by atoms with Crippen molar-refractivity contribution >= 4 is 27.8 Å². The molecule has 0 radical (unpaired) electrons. The van der Waals surface area contributed by atoms with Gasteiger partial charge in [-0.2, -0.15) is 0 Å². The Kier molecular flexibility index (Phi) is 6.54. The van der Waals surface area contributed by atoms with Crippen molar-refractivity contribution in [2.24, 2.45) is 0 Å². The van der Waals surface area contributed by atoms with Crippen LogP contribution in [0.4, 0.5) is 17.1 Å². The third-order valence-corrected chi connectivity index (χ3v) is 3.90. The Labute approximate surface area is 163 Å². The summed E-state index contributed by atoms with van der Waals surface area (Å²) in [4.78, 5) is 27.8. The van der Waals surface area contributed by atoms with Gasteiger partial charge in [0.05, 0.1) is 26.9 Å². The summed E-state index contributed by atoms with van der Waals surface area (Å²) in [5.74, 6) is -1.21. The standard InChI is InChI=1S/C13H12.C6H3N3O7/c1-2-6-11-8-5-9-12-7-3-4-10-13(11)12;10-6-4(8(13)14)1-3(7(11)12)2-5(6)9(15)16/h2-5,7-10H,1,6H2;1-2,10H. The molecule has 0 aliphatic carbocycles. The van der Waals surface area contributed by atoms with E-state index in [-0.39, 0.29) is 0 Å². The first-order valence-electron chi connectivity index (χ1n) is 8.14. The fraction of sp³-hybridized carbons (Fsp3) is 0.0526. The van der Waals surface area contributed by atoms with Crippen LogP contribution in [0.15, 0.2) is 67.3 Å². The molecule has 0 unspecified atom stereocenters. The summed E-state index contributed by atoms with van der Waals surface area (Å²) in [5.41, 5.74) is -1.65. The van der Waals surface area contributed by atoms with Gasteiger partial charge in [-0.05, 0) is 22.8 Å². The first-order chi connectivity index (χ1) is 13.8. The molecule has 148 valence electrons. The highest BCUT2D eigenvalue weighted by molar-refractivity contribution is 5.85. The molecule has 0 fully saturated rings. The van der Waals surface area contributed by atoms with Crippen LogP contribution in [-0.2, 0) is 6.42 Å². The lowest BCUT2D eigenvalue weighted by Crippen LogP contribution is -1.97. The SMILES string of the molecule is C=CCc1cccc2ccccc12.O=[N+]([O-])c1cc([N+](=O)[O-])c(O)c([N+](=O)[O-])c1. The Hall–Kier alpha value is -4.34. The molecule has 0 saturated heterocycles. The number of phenolic OH excluding ortho intramolecular Hbond substituents is 1. The molecule has 1 N–H and O–H groups in total. The van der Waals surface area contributed by atoms with Crippen molar-refractivity contribution in [3.8, 4) is 5.75 Å². The molecular formula is C19H15N3O7. The predicted octanol–water partition coefficient (Wildman–Crippen LogP) is 4.69. The van der Waals surface area contributed by atoms with Crippen molar-refractivity contribution in [1.82, 2.24) is 0 Å². The number of allylic oxidation sites excluding steroid dienone is 1. The number of non-ortho nitro benzene ring substituents is 1. The average Bonchev–Trinajstić information content (AvgIpc) is 2.68. The number of hydrogen-bond donors (Lipinski definition) is 1. The van der Waals surface area contributed by atoms with E-state index in [2.05, 4.69) is 49.0 Å². The Balaban J connectivity index is 0.000000211. The van der Waals surface area contributed by atoms with E-state index in [0.29, 0.717) is 12.1 Å². The van der Waals surface area contributed by atoms with E-state index < -0.39 is 37.6 Å². The van der Waals surface area contributed by atoms with Gasteiger partial charge in [-0.1, -0.05) is 48.5 Å². The Bertz CT molecular complexity index is 1070. The van der Waals surface area contributed by atoms with Crippen LogP contribution in [0, 0.1) is 30.3 Å². The van der Waals surface area contributed by atoms with Gasteiger partial charge in [0.15, 0.2) is 0 Å². The molecule has 10 heteroatoms. The quantitative estimate of drug-likeness (QED) is 0.373. The topological polar surface area (TPSA) is 150 Å². The zero-order chi connectivity index (χ0) is 21.6. The van der Waals surface area contributed by atoms with Gasteiger partial charge in [0, 0.05) is 0 Å². The van der Waals surface area contributed by atoms with Crippen molar-refractivity contribution < 1.29 is 19.9 Å². The molecule has 0 aliphatic rings. The minimum atomic E-state index is -1.21. The molecule has 29 heavy (non-hydrogen) atoms. The van der Waals surface area contributed by atoms with Gasteiger partial charge in [0.25, 0.3) is 11.4 Å². The predicted molar refractivity (Wildman–Crippen MR) is 106 cm³/mol. The number of nitro benzene ring substituents is 3. The van der Waals surface area contributed by atoms with Crippen molar-refractivity contribution in [2.45, 2.75) is 6.42 Å². The van der Waals surface area contributed by atoms with E-state index in [0.717, 1.165) is 6.42 Å². The molecule has 0 amide bonds. The maximum atomic E-state index is 10.4. The van der Waals surface area contributed by atoms with Crippen LogP contribution >= 0.6 is 0 Å². The molecule has 3 aromatic carbocycles. The highest BCUT2D eigenvalue weighted by Crippen LogP contribution is 2.38. The van der Waals surface area contributed by atoms with Crippen molar-refractivity contribution in [3.63, 3.8) is 0 Å². The number of nitrogens with zero attached hydrogens (tertiary/aromatic N) is 3. The van der Waals surface area contributed by atoms with E-state index >= 15 is 0 Å². The number of phenols is 1. The third-order valence-electron chi connectivity index (χ3n) is 3.90. The van der Waals surface area contributed by atoms with Crippen molar-refractivity contribution in [3.05, 3.63) is 103 Å². The first-order valence-corrected chi connectivity index (χ1v) is 8.14. The maximum absolute atomic E-state index is 10.4. The molecule has 0 saturated carbocycles. The minimum absolute atomic E-state index is 0.447. The second-order valence-corrected chi connectivity index (χ2v) is 5.74. The van der Waals surface area contributed by atoms with Crippen LogP contribution in [0.2, 0.25) is 0 Å². The second kappa shape index (κ2) is 9.04. The zero-order valence-electron chi connectivity index (χ0n) is 14.9. The van der Waals surface area contributed by atoms with Gasteiger partial charge in [0.2, 0.25) is 0 Å². The van der Waals surface area contributed by atoms with Gasteiger partial charge in [0.1, 0.15) is 0 Å². The molecule has 0 aliphatic heterocycles. The minimum Gasteiger partial charge on any atom is -0.497 e. The van der Waals surface area contributed by atoms with E-state index in [1.54, 1.807) is 0 Å². The van der Waals surface area contributed by atoms with Crippen LogP contribution in [0.25, 0.3) is 10.8 Å². The number of fused-ring (bicyclic) bond motifs is 1. The monoisotopic (exact) mass is 397 g/mol. The largest absolute Gasteiger partial charge is 0.497 e. The van der Waals surface area contributed by atoms with Crippen molar-refractivity contribution in [1.29, 1.82) is 0 Å². The third kappa shape index (κ3) is 4.89. The van der Waals surface area contributed by atoms with E-state index in [1.165, 1.54) is 16.3 Å². The normalized spacial score (nSPS) is 9.93. The molecule has 10 nitrogen and oxygen atoms in total. The van der Waals surface area contributed by atoms with Crippen molar-refractivity contribution in [2.75, 3.05) is 0 Å². The lowest BCUT2D eigenvalue weighted by atomic mass is 10.0. The average molecular weight is 397 g/mol. The number of nitro groups is 3. The Morgan fingerprint density at radius 2 is 1.41 bits per heavy atom. The van der Waals surface area contributed by atoms with Gasteiger partial charge in [-0.15, -0.1) is 6.58 Å². The van der Waals surface area contributed by atoms with Crippen LogP contribution in [-0.4, -0.2) is 19.9 Å². The summed E-state index contributed by atoms with van der Waals surface area (Å²) < 4.78 is 0. The summed E-state index contributed by atoms with van der Waals surface area (Å²) in [6, 6.07) is 15.7. The smallest absolute Gasteiger partial charge is 0.324 e. The van der Waals surface area contributed by atoms with E-state index in [9.17, 15) is 30.3 Å². The number of benzene rings is 3. The lowest BCUT2D eigenvalue weighted by Gasteiger charge is -2.02. The van der Waals surface area contributed by atoms with E-state index in [4.69, 9.17) is 5.11 Å². The highest BCUT2D eigenvalue weighted by atomic mass is 16.6. The first kappa shape index (κ1) is 21.0. The fourth-order valence-corrected chi connectivity index (χ4v) is 2.60.